The van der Waals surface area contributed by atoms with Crippen LogP contribution in [0.3, 0.4) is 0 Å². The van der Waals surface area contributed by atoms with Crippen LogP contribution in [0.15, 0.2) is 57.9 Å². The van der Waals surface area contributed by atoms with Gasteiger partial charge in [0, 0.05) is 36.7 Å². The highest BCUT2D eigenvalue weighted by Gasteiger charge is 2.29. The smallest absolute Gasteiger partial charge is 0.246 e. The Morgan fingerprint density at radius 2 is 1.76 bits per heavy atom. The van der Waals surface area contributed by atoms with Crippen LogP contribution in [0.2, 0.25) is 0 Å². The normalized spacial score (nSPS) is 15.6. The van der Waals surface area contributed by atoms with Crippen LogP contribution in [0.1, 0.15) is 5.56 Å². The van der Waals surface area contributed by atoms with Crippen molar-refractivity contribution in [3.63, 3.8) is 0 Å². The van der Waals surface area contributed by atoms with E-state index in [9.17, 15) is 18.3 Å². The van der Waals surface area contributed by atoms with Gasteiger partial charge in [0.05, 0.1) is 12.0 Å². The number of phenolic OH excluding ortho intramolecular Hbond substituents is 1. The maximum absolute atomic E-state index is 12.7. The zero-order valence-corrected chi connectivity index (χ0v) is 18.2. The maximum atomic E-state index is 12.7. The minimum absolute atomic E-state index is 0.0269. The number of aromatic hydroxyl groups is 1. The first-order valence-corrected chi connectivity index (χ1v) is 11.1. The molecule has 1 heterocycles. The fourth-order valence-electron chi connectivity index (χ4n) is 2.98. The molecule has 1 amide bonds. The first-order valence-electron chi connectivity index (χ1n) is 8.91. The second-order valence-electron chi connectivity index (χ2n) is 6.45. The van der Waals surface area contributed by atoms with E-state index in [2.05, 4.69) is 15.9 Å². The van der Waals surface area contributed by atoms with E-state index in [1.165, 1.54) is 23.6 Å². The molecule has 0 bridgehead atoms. The molecule has 0 radical (unpaired) electrons. The lowest BCUT2D eigenvalue weighted by molar-refractivity contribution is -0.127. The Kier molecular flexibility index (Phi) is 6.61. The monoisotopic (exact) mass is 480 g/mol. The minimum atomic E-state index is -3.58. The molecule has 1 saturated heterocycles. The van der Waals surface area contributed by atoms with Crippen molar-refractivity contribution >= 4 is 37.9 Å². The van der Waals surface area contributed by atoms with Crippen LogP contribution in [-0.4, -0.2) is 61.9 Å². The summed E-state index contributed by atoms with van der Waals surface area (Å²) in [6, 6.07) is 11.3. The van der Waals surface area contributed by atoms with Crippen molar-refractivity contribution in [2.24, 2.45) is 0 Å². The van der Waals surface area contributed by atoms with Crippen LogP contribution in [-0.2, 0) is 14.8 Å². The number of carbonyl (C=O) groups is 1. The summed E-state index contributed by atoms with van der Waals surface area (Å²) >= 11 is 3.30. The van der Waals surface area contributed by atoms with Crippen molar-refractivity contribution in [1.82, 2.24) is 9.21 Å². The highest BCUT2D eigenvalue weighted by molar-refractivity contribution is 9.10. The summed E-state index contributed by atoms with van der Waals surface area (Å²) in [6.07, 6.45) is 3.07. The number of phenols is 1. The average molecular weight is 481 g/mol. The molecule has 0 spiro atoms. The number of nitrogens with zero attached hydrogens (tertiary/aromatic N) is 2. The van der Waals surface area contributed by atoms with Gasteiger partial charge >= 0.3 is 0 Å². The number of carbonyl (C=O) groups excluding carboxylic acids is 1. The lowest BCUT2D eigenvalue weighted by atomic mass is 10.2. The van der Waals surface area contributed by atoms with E-state index in [4.69, 9.17) is 4.74 Å². The Hall–Kier alpha value is -2.36. The van der Waals surface area contributed by atoms with E-state index in [1.54, 1.807) is 47.4 Å². The van der Waals surface area contributed by atoms with Gasteiger partial charge in [0.15, 0.2) is 11.5 Å². The van der Waals surface area contributed by atoms with Crippen molar-refractivity contribution in [3.05, 3.63) is 58.6 Å². The third-order valence-electron chi connectivity index (χ3n) is 4.62. The summed E-state index contributed by atoms with van der Waals surface area (Å²) in [5, 5.41) is 9.62. The van der Waals surface area contributed by atoms with E-state index >= 15 is 0 Å². The molecule has 154 valence electrons. The van der Waals surface area contributed by atoms with Gasteiger partial charge in [-0.1, -0.05) is 22.0 Å². The topological polar surface area (TPSA) is 87.2 Å². The fraction of sp³-hybridized carbons (Fsp3) is 0.250. The van der Waals surface area contributed by atoms with Gasteiger partial charge in [0.1, 0.15) is 0 Å². The van der Waals surface area contributed by atoms with Gasteiger partial charge in [-0.25, -0.2) is 8.42 Å². The van der Waals surface area contributed by atoms with Gasteiger partial charge in [-0.3, -0.25) is 4.79 Å². The zero-order chi connectivity index (χ0) is 21.0. The van der Waals surface area contributed by atoms with Crippen LogP contribution in [0.4, 0.5) is 0 Å². The molecule has 9 heteroatoms. The number of methoxy groups -OCH3 is 1. The number of amides is 1. The van der Waals surface area contributed by atoms with Crippen LogP contribution < -0.4 is 4.74 Å². The van der Waals surface area contributed by atoms with Gasteiger partial charge < -0.3 is 14.7 Å². The van der Waals surface area contributed by atoms with Gasteiger partial charge in [-0.15, -0.1) is 0 Å². The van der Waals surface area contributed by atoms with Gasteiger partial charge in [0.2, 0.25) is 15.9 Å². The number of halogens is 1. The third-order valence-corrected chi connectivity index (χ3v) is 7.07. The molecule has 2 aromatic rings. The predicted octanol–water partition coefficient (Wildman–Crippen LogP) is 2.71. The third kappa shape index (κ3) is 4.98. The highest BCUT2D eigenvalue weighted by Crippen LogP contribution is 2.27. The summed E-state index contributed by atoms with van der Waals surface area (Å²) in [6.45, 7) is 1.12. The number of rotatable bonds is 5. The van der Waals surface area contributed by atoms with Crippen molar-refractivity contribution in [1.29, 1.82) is 0 Å². The summed E-state index contributed by atoms with van der Waals surface area (Å²) < 4.78 is 32.7. The lowest BCUT2D eigenvalue weighted by Crippen LogP contribution is -2.50. The second-order valence-corrected chi connectivity index (χ2v) is 9.30. The number of ether oxygens (including phenoxy) is 1. The van der Waals surface area contributed by atoms with Crippen LogP contribution >= 0.6 is 15.9 Å². The van der Waals surface area contributed by atoms with Crippen molar-refractivity contribution in [3.8, 4) is 11.5 Å². The lowest BCUT2D eigenvalue weighted by Gasteiger charge is -2.33. The average Bonchev–Trinajstić information content (AvgIpc) is 2.73. The van der Waals surface area contributed by atoms with E-state index in [1.807, 2.05) is 0 Å². The Labute approximate surface area is 178 Å². The van der Waals surface area contributed by atoms with E-state index < -0.39 is 10.0 Å². The molecule has 2 aromatic carbocycles. The standard InChI is InChI=1S/C20H21BrN2O5S/c1-28-19-14-15(2-8-18(19)24)3-9-20(25)22-10-12-23(13-11-22)29(26,27)17-6-4-16(21)5-7-17/h2-9,14,24H,10-13H2,1H3/b9-3+. The van der Waals surface area contributed by atoms with Gasteiger partial charge in [-0.05, 0) is 48.0 Å². The molecule has 0 aliphatic carbocycles. The first kappa shape index (κ1) is 21.4. The van der Waals surface area contributed by atoms with E-state index in [0.29, 0.717) is 24.4 Å². The summed E-state index contributed by atoms with van der Waals surface area (Å²) in [5.41, 5.74) is 0.712. The number of benzene rings is 2. The number of sulfonamides is 1. The van der Waals surface area contributed by atoms with Gasteiger partial charge in [-0.2, -0.15) is 4.31 Å². The van der Waals surface area contributed by atoms with E-state index in [-0.39, 0.29) is 29.6 Å². The summed E-state index contributed by atoms with van der Waals surface area (Å²) in [7, 11) is -2.12. The SMILES string of the molecule is COc1cc(/C=C/C(=O)N2CCN(S(=O)(=O)c3ccc(Br)cc3)CC2)ccc1O. The molecule has 0 unspecified atom stereocenters. The molecule has 1 aliphatic rings. The summed E-state index contributed by atoms with van der Waals surface area (Å²) in [4.78, 5) is 14.3. The summed E-state index contributed by atoms with van der Waals surface area (Å²) in [5.74, 6) is 0.156. The van der Waals surface area contributed by atoms with Crippen molar-refractivity contribution in [2.45, 2.75) is 4.90 Å². The van der Waals surface area contributed by atoms with Crippen LogP contribution in [0.5, 0.6) is 11.5 Å². The van der Waals surface area contributed by atoms with Crippen LogP contribution in [0, 0.1) is 0 Å². The Bertz CT molecular complexity index is 1010. The predicted molar refractivity (Wildman–Crippen MR) is 113 cm³/mol. The Morgan fingerprint density at radius 3 is 2.38 bits per heavy atom. The number of hydrogen-bond acceptors (Lipinski definition) is 5. The molecule has 0 aromatic heterocycles. The molecule has 29 heavy (non-hydrogen) atoms. The minimum Gasteiger partial charge on any atom is -0.504 e. The molecule has 3 rings (SSSR count). The molecule has 0 saturated carbocycles. The largest absolute Gasteiger partial charge is 0.504 e. The quantitative estimate of drug-likeness (QED) is 0.664. The second kappa shape index (κ2) is 8.98. The van der Waals surface area contributed by atoms with E-state index in [0.717, 1.165) is 4.47 Å². The number of piperazine rings is 1. The first-order chi connectivity index (χ1) is 13.8. The number of hydrogen-bond donors (Lipinski definition) is 1. The molecule has 1 aliphatic heterocycles. The molecule has 1 fully saturated rings. The van der Waals surface area contributed by atoms with Crippen molar-refractivity contribution < 1.29 is 23.1 Å². The Morgan fingerprint density at radius 1 is 1.10 bits per heavy atom. The molecule has 7 nitrogen and oxygen atoms in total. The maximum Gasteiger partial charge on any atom is 0.246 e. The highest BCUT2D eigenvalue weighted by atomic mass is 79.9. The molecule has 1 N–H and O–H groups in total. The fourth-order valence-corrected chi connectivity index (χ4v) is 4.66. The molecule has 0 atom stereocenters. The Balaban J connectivity index is 1.61. The van der Waals surface area contributed by atoms with Crippen LogP contribution in [0.25, 0.3) is 6.08 Å². The zero-order valence-electron chi connectivity index (χ0n) is 15.8. The van der Waals surface area contributed by atoms with Crippen molar-refractivity contribution in [2.75, 3.05) is 33.3 Å². The molecular formula is C20H21BrN2O5S. The van der Waals surface area contributed by atoms with Gasteiger partial charge in [0.25, 0.3) is 0 Å². The molecular weight excluding hydrogens is 460 g/mol.